The SMILES string of the molecule is COC(=O)C(Cc1ccc(N(CCCl)CCCl)cc1)NC(=O)OCc1ccc(NC(=O)[C@H](CCCNC(N)=O)NC(=O)[C@@H](N)C(C)C)cc1. The van der Waals surface area contributed by atoms with Crippen molar-refractivity contribution in [2.75, 3.05) is 48.7 Å². The van der Waals surface area contributed by atoms with Crippen LogP contribution in [0.15, 0.2) is 48.5 Å². The zero-order valence-corrected chi connectivity index (χ0v) is 29.5. The monoisotopic (exact) mass is 723 g/mol. The van der Waals surface area contributed by atoms with Gasteiger partial charge in [0.25, 0.3) is 0 Å². The van der Waals surface area contributed by atoms with Crippen LogP contribution in [-0.4, -0.2) is 86.5 Å². The Hall–Kier alpha value is -4.27. The van der Waals surface area contributed by atoms with Crippen LogP contribution >= 0.6 is 23.2 Å². The number of esters is 1. The topological polar surface area (TPSA) is 207 Å². The predicted octanol–water partition coefficient (Wildman–Crippen LogP) is 2.84. The molecule has 2 rings (SSSR count). The van der Waals surface area contributed by atoms with Crippen molar-refractivity contribution in [3.63, 3.8) is 0 Å². The Morgan fingerprint density at radius 3 is 2.02 bits per heavy atom. The Morgan fingerprint density at radius 1 is 0.857 bits per heavy atom. The molecule has 0 fully saturated rings. The third-order valence-corrected chi connectivity index (χ3v) is 7.78. The quantitative estimate of drug-likeness (QED) is 0.0674. The van der Waals surface area contributed by atoms with E-state index >= 15 is 0 Å². The molecule has 1 unspecified atom stereocenters. The van der Waals surface area contributed by atoms with Gasteiger partial charge in [0.15, 0.2) is 0 Å². The summed E-state index contributed by atoms with van der Waals surface area (Å²) in [6.07, 6.45) is -0.0384. The van der Waals surface area contributed by atoms with Crippen molar-refractivity contribution in [3.05, 3.63) is 59.7 Å². The number of nitrogens with one attached hydrogen (secondary N) is 4. The molecule has 2 aromatic rings. The number of rotatable bonds is 20. The summed E-state index contributed by atoms with van der Waals surface area (Å²) in [5, 5.41) is 10.4. The minimum Gasteiger partial charge on any atom is -0.467 e. The summed E-state index contributed by atoms with van der Waals surface area (Å²) >= 11 is 11.8. The summed E-state index contributed by atoms with van der Waals surface area (Å²) in [5.41, 5.74) is 13.8. The molecule has 0 aliphatic carbocycles. The van der Waals surface area contributed by atoms with E-state index in [4.69, 9.17) is 44.1 Å². The maximum absolute atomic E-state index is 13.1. The predicted molar refractivity (Wildman–Crippen MR) is 190 cm³/mol. The van der Waals surface area contributed by atoms with Crippen LogP contribution in [0, 0.1) is 5.92 Å². The fourth-order valence-corrected chi connectivity index (χ4v) is 5.00. The number of methoxy groups -OCH3 is 1. The van der Waals surface area contributed by atoms with Gasteiger partial charge in [-0.2, -0.15) is 0 Å². The average Bonchev–Trinajstić information content (AvgIpc) is 3.08. The minimum absolute atomic E-state index is 0.113. The van der Waals surface area contributed by atoms with E-state index in [9.17, 15) is 24.0 Å². The summed E-state index contributed by atoms with van der Waals surface area (Å²) in [6, 6.07) is 10.6. The van der Waals surface area contributed by atoms with E-state index in [0.717, 1.165) is 11.3 Å². The number of nitrogens with zero attached hydrogens (tertiary/aromatic N) is 1. The molecule has 0 saturated heterocycles. The highest BCUT2D eigenvalue weighted by atomic mass is 35.5. The first kappa shape index (κ1) is 40.9. The Bertz CT molecular complexity index is 1360. The molecule has 14 nitrogen and oxygen atoms in total. The highest BCUT2D eigenvalue weighted by Gasteiger charge is 2.26. The van der Waals surface area contributed by atoms with E-state index in [-0.39, 0.29) is 31.9 Å². The van der Waals surface area contributed by atoms with Crippen LogP contribution in [0.4, 0.5) is 21.0 Å². The van der Waals surface area contributed by atoms with Crippen LogP contribution in [0.3, 0.4) is 0 Å². The van der Waals surface area contributed by atoms with Crippen molar-refractivity contribution in [1.82, 2.24) is 16.0 Å². The third-order valence-electron chi connectivity index (χ3n) is 7.44. The van der Waals surface area contributed by atoms with Crippen LogP contribution in [0.5, 0.6) is 0 Å². The maximum atomic E-state index is 13.1. The van der Waals surface area contributed by atoms with Crippen molar-refractivity contribution in [3.8, 4) is 0 Å². The number of carbonyl (C=O) groups is 5. The van der Waals surface area contributed by atoms with E-state index in [1.54, 1.807) is 38.1 Å². The summed E-state index contributed by atoms with van der Waals surface area (Å²) in [5.74, 6) is -0.809. The number of primary amides is 1. The van der Waals surface area contributed by atoms with Crippen molar-refractivity contribution in [2.45, 2.75) is 57.8 Å². The number of hydrogen-bond acceptors (Lipinski definition) is 9. The second-order valence-electron chi connectivity index (χ2n) is 11.5. The first-order valence-corrected chi connectivity index (χ1v) is 16.9. The Labute approximate surface area is 296 Å². The lowest BCUT2D eigenvalue weighted by molar-refractivity contribution is -0.143. The summed E-state index contributed by atoms with van der Waals surface area (Å²) in [4.78, 5) is 63.7. The van der Waals surface area contributed by atoms with Crippen LogP contribution in [-0.2, 0) is 36.9 Å². The van der Waals surface area contributed by atoms with Crippen molar-refractivity contribution in [1.29, 1.82) is 0 Å². The normalized spacial score (nSPS) is 12.6. The first-order valence-electron chi connectivity index (χ1n) is 15.8. The molecule has 0 saturated carbocycles. The fraction of sp³-hybridized carbons (Fsp3) is 0.485. The Morgan fingerprint density at radius 2 is 1.47 bits per heavy atom. The van der Waals surface area contributed by atoms with Gasteiger partial charge in [-0.15, -0.1) is 23.2 Å². The number of alkyl halides is 2. The standard InChI is InChI=1S/C33H47Cl2N7O7/c1-21(2)28(36)30(44)40-26(5-4-16-38-32(37)46)29(43)39-24-10-6-23(7-11-24)20-49-33(47)41-27(31(45)48-3)19-22-8-12-25(13-9-22)42(17-14-34)18-15-35/h6-13,21,26-28H,4-5,14-20,36H2,1-3H3,(H,39,43)(H,40,44)(H,41,47)(H3,37,38,46)/t26-,27?,28-/m0/s1. The number of anilines is 2. The molecule has 0 radical (unpaired) electrons. The number of alkyl carbamates (subject to hydrolysis) is 1. The minimum atomic E-state index is -0.988. The van der Waals surface area contributed by atoms with Crippen LogP contribution in [0.25, 0.3) is 0 Å². The fourth-order valence-electron chi connectivity index (χ4n) is 4.59. The first-order chi connectivity index (χ1) is 23.4. The zero-order chi connectivity index (χ0) is 36.3. The Kier molecular flexibility index (Phi) is 18.1. The molecule has 49 heavy (non-hydrogen) atoms. The van der Waals surface area contributed by atoms with Gasteiger partial charge in [-0.05, 0) is 54.2 Å². The largest absolute Gasteiger partial charge is 0.467 e. The van der Waals surface area contributed by atoms with Crippen LogP contribution < -0.4 is 37.6 Å². The smallest absolute Gasteiger partial charge is 0.408 e. The van der Waals surface area contributed by atoms with Gasteiger partial charge in [0.2, 0.25) is 11.8 Å². The lowest BCUT2D eigenvalue weighted by Gasteiger charge is -2.23. The number of halogens is 2. The average molecular weight is 725 g/mol. The van der Waals surface area contributed by atoms with Gasteiger partial charge in [0.05, 0.1) is 13.2 Å². The molecule has 0 bridgehead atoms. The highest BCUT2D eigenvalue weighted by molar-refractivity contribution is 6.18. The molecular formula is C33H47Cl2N7O7. The number of carbonyl (C=O) groups excluding carboxylic acids is 5. The van der Waals surface area contributed by atoms with Gasteiger partial charge in [0, 0.05) is 49.2 Å². The van der Waals surface area contributed by atoms with Crippen molar-refractivity contribution < 1.29 is 33.4 Å². The second kappa shape index (κ2) is 21.6. The number of urea groups is 1. The number of nitrogens with two attached hydrogens (primary N) is 2. The number of amides is 5. The zero-order valence-electron chi connectivity index (χ0n) is 28.0. The van der Waals surface area contributed by atoms with Gasteiger partial charge >= 0.3 is 18.1 Å². The summed E-state index contributed by atoms with van der Waals surface area (Å²) in [7, 11) is 1.24. The van der Waals surface area contributed by atoms with Crippen LogP contribution in [0.2, 0.25) is 0 Å². The van der Waals surface area contributed by atoms with E-state index in [2.05, 4.69) is 21.3 Å². The second-order valence-corrected chi connectivity index (χ2v) is 12.2. The number of benzene rings is 2. The van der Waals surface area contributed by atoms with E-state index in [1.165, 1.54) is 7.11 Å². The maximum Gasteiger partial charge on any atom is 0.408 e. The molecule has 0 heterocycles. The summed E-state index contributed by atoms with van der Waals surface area (Å²) < 4.78 is 10.2. The van der Waals surface area contributed by atoms with Crippen LogP contribution in [0.1, 0.15) is 37.8 Å². The molecule has 8 N–H and O–H groups in total. The van der Waals surface area contributed by atoms with Gasteiger partial charge in [0.1, 0.15) is 18.7 Å². The molecule has 2 aromatic carbocycles. The number of ether oxygens (including phenoxy) is 2. The number of hydrogen-bond donors (Lipinski definition) is 6. The molecule has 0 aliphatic rings. The molecule has 3 atom stereocenters. The highest BCUT2D eigenvalue weighted by Crippen LogP contribution is 2.17. The van der Waals surface area contributed by atoms with E-state index in [0.29, 0.717) is 42.5 Å². The van der Waals surface area contributed by atoms with Gasteiger partial charge < -0.3 is 47.1 Å². The third kappa shape index (κ3) is 14.8. The molecule has 0 aliphatic heterocycles. The molecular weight excluding hydrogens is 677 g/mol. The van der Waals surface area contributed by atoms with Gasteiger partial charge in [-0.1, -0.05) is 38.1 Å². The van der Waals surface area contributed by atoms with Gasteiger partial charge in [-0.25, -0.2) is 14.4 Å². The van der Waals surface area contributed by atoms with Crippen molar-refractivity contribution >= 4 is 64.5 Å². The molecule has 270 valence electrons. The Balaban J connectivity index is 1.97. The lowest BCUT2D eigenvalue weighted by Crippen LogP contribution is -2.51. The van der Waals surface area contributed by atoms with Crippen molar-refractivity contribution in [2.24, 2.45) is 17.4 Å². The molecule has 0 aromatic heterocycles. The van der Waals surface area contributed by atoms with E-state index in [1.807, 2.05) is 29.2 Å². The lowest BCUT2D eigenvalue weighted by atomic mass is 10.0. The van der Waals surface area contributed by atoms with E-state index < -0.39 is 48.0 Å². The summed E-state index contributed by atoms with van der Waals surface area (Å²) in [6.45, 7) is 4.98. The van der Waals surface area contributed by atoms with Gasteiger partial charge in [-0.3, -0.25) is 9.59 Å². The molecule has 16 heteroatoms. The molecule has 5 amide bonds. The molecule has 0 spiro atoms.